The summed E-state index contributed by atoms with van der Waals surface area (Å²) in [5.74, 6) is 0.851. The third kappa shape index (κ3) is 3.75. The van der Waals surface area contributed by atoms with Gasteiger partial charge in [0.05, 0.1) is 23.7 Å². The number of aryl methyl sites for hydroxylation is 2. The molecule has 2 heterocycles. The van der Waals surface area contributed by atoms with E-state index >= 15 is 0 Å². The first-order valence-corrected chi connectivity index (χ1v) is 6.74. The monoisotopic (exact) mass is 290 g/mol. The van der Waals surface area contributed by atoms with Gasteiger partial charge < -0.3 is 19.5 Å². The number of carbonyl (C=O) groups excluding carboxylic acids is 2. The van der Waals surface area contributed by atoms with E-state index in [9.17, 15) is 9.59 Å². The Morgan fingerprint density at radius 3 is 1.67 bits per heavy atom. The van der Waals surface area contributed by atoms with Gasteiger partial charge in [-0.15, -0.1) is 0 Å². The highest BCUT2D eigenvalue weighted by atomic mass is 16.3. The smallest absolute Gasteiger partial charge is 0.254 e. The molecule has 0 atom stereocenters. The summed E-state index contributed by atoms with van der Waals surface area (Å²) in [7, 11) is 0. The normalized spacial score (nSPS) is 10.4. The van der Waals surface area contributed by atoms with Crippen LogP contribution in [0.5, 0.6) is 0 Å². The third-order valence-electron chi connectivity index (χ3n) is 3.13. The molecule has 6 nitrogen and oxygen atoms in total. The van der Waals surface area contributed by atoms with Gasteiger partial charge in [-0.1, -0.05) is 0 Å². The van der Waals surface area contributed by atoms with Crippen molar-refractivity contribution in [2.75, 3.05) is 13.1 Å². The molecule has 2 aromatic rings. The van der Waals surface area contributed by atoms with Gasteiger partial charge in [0.1, 0.15) is 11.5 Å². The van der Waals surface area contributed by atoms with E-state index in [2.05, 4.69) is 10.6 Å². The van der Waals surface area contributed by atoms with Crippen molar-refractivity contribution in [3.8, 4) is 0 Å². The minimum atomic E-state index is -0.168. The average Bonchev–Trinajstić information content (AvgIpc) is 3.06. The van der Waals surface area contributed by atoms with Crippen LogP contribution in [-0.2, 0) is 0 Å². The molecule has 2 N–H and O–H groups in total. The summed E-state index contributed by atoms with van der Waals surface area (Å²) in [6.07, 6.45) is 3.61. The third-order valence-corrected chi connectivity index (χ3v) is 3.13. The molecule has 112 valence electrons. The van der Waals surface area contributed by atoms with Gasteiger partial charge in [-0.3, -0.25) is 9.59 Å². The van der Waals surface area contributed by atoms with Gasteiger partial charge in [-0.2, -0.15) is 0 Å². The summed E-state index contributed by atoms with van der Waals surface area (Å²) in [6.45, 7) is 4.44. The zero-order valence-corrected chi connectivity index (χ0v) is 12.1. The number of amides is 2. The van der Waals surface area contributed by atoms with Gasteiger partial charge in [0.15, 0.2) is 0 Å². The minimum absolute atomic E-state index is 0.168. The molecule has 0 saturated carbocycles. The number of rotatable bonds is 6. The maximum Gasteiger partial charge on any atom is 0.254 e. The van der Waals surface area contributed by atoms with Gasteiger partial charge >= 0.3 is 0 Å². The number of nitrogens with one attached hydrogen (secondary N) is 2. The van der Waals surface area contributed by atoms with Crippen molar-refractivity contribution < 1.29 is 18.4 Å². The lowest BCUT2D eigenvalue weighted by Crippen LogP contribution is -2.30. The molecule has 0 aliphatic heterocycles. The first-order chi connectivity index (χ1) is 10.1. The van der Waals surface area contributed by atoms with Crippen LogP contribution in [0.1, 0.15) is 38.7 Å². The topological polar surface area (TPSA) is 84.5 Å². The molecule has 0 saturated heterocycles. The Labute approximate surface area is 122 Å². The molecule has 0 aliphatic carbocycles. The van der Waals surface area contributed by atoms with E-state index in [1.54, 1.807) is 26.0 Å². The molecule has 0 bridgehead atoms. The summed E-state index contributed by atoms with van der Waals surface area (Å²) >= 11 is 0. The zero-order chi connectivity index (χ0) is 15.2. The number of carbonyl (C=O) groups is 2. The van der Waals surface area contributed by atoms with Crippen LogP contribution in [-0.4, -0.2) is 24.9 Å². The van der Waals surface area contributed by atoms with Crippen molar-refractivity contribution in [2.45, 2.75) is 20.3 Å². The number of hydrogen-bond donors (Lipinski definition) is 2. The van der Waals surface area contributed by atoms with E-state index in [-0.39, 0.29) is 11.8 Å². The molecule has 21 heavy (non-hydrogen) atoms. The van der Waals surface area contributed by atoms with Crippen LogP contribution in [0.4, 0.5) is 0 Å². The molecule has 0 fully saturated rings. The predicted molar refractivity (Wildman–Crippen MR) is 76.2 cm³/mol. The molecule has 0 unspecified atom stereocenters. The minimum Gasteiger partial charge on any atom is -0.469 e. The second kappa shape index (κ2) is 6.78. The molecule has 2 rings (SSSR count). The van der Waals surface area contributed by atoms with Crippen molar-refractivity contribution >= 4 is 11.8 Å². The molecule has 6 heteroatoms. The molecule has 2 amide bonds. The van der Waals surface area contributed by atoms with Crippen molar-refractivity contribution in [3.63, 3.8) is 0 Å². The van der Waals surface area contributed by atoms with Gasteiger partial charge in [0.2, 0.25) is 0 Å². The van der Waals surface area contributed by atoms with Crippen molar-refractivity contribution in [2.24, 2.45) is 0 Å². The quantitative estimate of drug-likeness (QED) is 0.797. The van der Waals surface area contributed by atoms with Crippen molar-refractivity contribution in [3.05, 3.63) is 47.3 Å². The molecular formula is C15H18N2O4. The highest BCUT2D eigenvalue weighted by Gasteiger charge is 2.11. The zero-order valence-electron chi connectivity index (χ0n) is 12.1. The Kier molecular flexibility index (Phi) is 4.81. The molecule has 0 aromatic carbocycles. The van der Waals surface area contributed by atoms with E-state index in [1.807, 2.05) is 0 Å². The maximum atomic E-state index is 11.8. The van der Waals surface area contributed by atoms with Crippen LogP contribution in [0.3, 0.4) is 0 Å². The number of hydrogen-bond acceptors (Lipinski definition) is 4. The van der Waals surface area contributed by atoms with E-state index < -0.39 is 0 Å². The summed E-state index contributed by atoms with van der Waals surface area (Å²) < 4.78 is 10.1. The van der Waals surface area contributed by atoms with Crippen LogP contribution in [0, 0.1) is 13.8 Å². The summed E-state index contributed by atoms with van der Waals surface area (Å²) in [4.78, 5) is 23.6. The predicted octanol–water partition coefficient (Wildman–Crippen LogP) is 2.04. The van der Waals surface area contributed by atoms with Crippen molar-refractivity contribution in [1.29, 1.82) is 0 Å². The van der Waals surface area contributed by atoms with Gasteiger partial charge in [-0.05, 0) is 32.4 Å². The fourth-order valence-corrected chi connectivity index (χ4v) is 1.92. The highest BCUT2D eigenvalue weighted by molar-refractivity contribution is 5.95. The first kappa shape index (κ1) is 14.9. The van der Waals surface area contributed by atoms with E-state index in [0.29, 0.717) is 42.2 Å². The summed E-state index contributed by atoms with van der Waals surface area (Å²) in [5.41, 5.74) is 1.07. The highest BCUT2D eigenvalue weighted by Crippen LogP contribution is 2.08. The van der Waals surface area contributed by atoms with Crippen LogP contribution in [0.2, 0.25) is 0 Å². The average molecular weight is 290 g/mol. The summed E-state index contributed by atoms with van der Waals surface area (Å²) in [5, 5.41) is 5.55. The van der Waals surface area contributed by atoms with Crippen molar-refractivity contribution in [1.82, 2.24) is 10.6 Å². The van der Waals surface area contributed by atoms with E-state index in [0.717, 1.165) is 0 Å². The lowest BCUT2D eigenvalue weighted by Gasteiger charge is -2.06. The molecule has 2 aromatic heterocycles. The van der Waals surface area contributed by atoms with Gasteiger partial charge in [0.25, 0.3) is 11.8 Å². The Morgan fingerprint density at radius 2 is 1.33 bits per heavy atom. The van der Waals surface area contributed by atoms with Crippen LogP contribution >= 0.6 is 0 Å². The fraction of sp³-hybridized carbons (Fsp3) is 0.333. The lowest BCUT2D eigenvalue weighted by atomic mass is 10.2. The Morgan fingerprint density at radius 1 is 0.905 bits per heavy atom. The fourth-order valence-electron chi connectivity index (χ4n) is 1.92. The van der Waals surface area contributed by atoms with E-state index in [1.165, 1.54) is 12.5 Å². The maximum absolute atomic E-state index is 11.8. The first-order valence-electron chi connectivity index (χ1n) is 6.74. The molecule has 0 radical (unpaired) electrons. The Bertz CT molecular complexity index is 573. The largest absolute Gasteiger partial charge is 0.469 e. The lowest BCUT2D eigenvalue weighted by molar-refractivity contribution is 0.0950. The Hall–Kier alpha value is -2.50. The van der Waals surface area contributed by atoms with Crippen LogP contribution in [0.15, 0.2) is 33.5 Å². The standard InChI is InChI=1S/C15H18N2O4/c1-10-12(4-8-20-10)14(18)16-6-3-7-17-15(19)13-5-9-21-11(13)2/h4-5,8-9H,3,6-7H2,1-2H3,(H,16,18)(H,17,19). The molecular weight excluding hydrogens is 272 g/mol. The number of furan rings is 2. The molecule has 0 spiro atoms. The molecule has 0 aliphatic rings. The second-order valence-electron chi connectivity index (χ2n) is 4.65. The summed E-state index contributed by atoms with van der Waals surface area (Å²) in [6, 6.07) is 3.27. The Balaban J connectivity index is 1.67. The van der Waals surface area contributed by atoms with Crippen LogP contribution in [0.25, 0.3) is 0 Å². The van der Waals surface area contributed by atoms with E-state index in [4.69, 9.17) is 8.83 Å². The second-order valence-corrected chi connectivity index (χ2v) is 4.65. The van der Waals surface area contributed by atoms with Gasteiger partial charge in [-0.25, -0.2) is 0 Å². The SMILES string of the molecule is Cc1occc1C(=O)NCCCNC(=O)c1ccoc1C. The van der Waals surface area contributed by atoms with Crippen LogP contribution < -0.4 is 10.6 Å². The van der Waals surface area contributed by atoms with Gasteiger partial charge in [0, 0.05) is 13.1 Å².